The molecule has 1 aliphatic rings. The molecule has 1 fully saturated rings. The third-order valence-corrected chi connectivity index (χ3v) is 4.67. The Balaban J connectivity index is 1.99. The summed E-state index contributed by atoms with van der Waals surface area (Å²) in [6.07, 6.45) is 2.44. The van der Waals surface area contributed by atoms with Gasteiger partial charge < -0.3 is 10.1 Å². The lowest BCUT2D eigenvalue weighted by atomic mass is 10.1. The lowest BCUT2D eigenvalue weighted by molar-refractivity contribution is 0.186. The number of hydrogen-bond donors (Lipinski definition) is 3. The number of rotatable bonds is 7. The molecule has 7 nitrogen and oxygen atoms in total. The summed E-state index contributed by atoms with van der Waals surface area (Å²) >= 11 is 0. The summed E-state index contributed by atoms with van der Waals surface area (Å²) in [5, 5.41) is 9.74. The molecule has 1 aromatic rings. The lowest BCUT2D eigenvalue weighted by Crippen LogP contribution is -2.31. The van der Waals surface area contributed by atoms with Gasteiger partial charge in [-0.3, -0.25) is 5.10 Å². The van der Waals surface area contributed by atoms with Gasteiger partial charge in [-0.15, -0.1) is 0 Å². The summed E-state index contributed by atoms with van der Waals surface area (Å²) < 4.78 is 32.4. The van der Waals surface area contributed by atoms with Crippen molar-refractivity contribution in [2.45, 2.75) is 37.9 Å². The van der Waals surface area contributed by atoms with Gasteiger partial charge in [0.2, 0.25) is 0 Å². The molecule has 0 saturated carbocycles. The van der Waals surface area contributed by atoms with E-state index in [1.54, 1.807) is 6.20 Å². The van der Waals surface area contributed by atoms with Crippen molar-refractivity contribution in [1.82, 2.24) is 20.2 Å². The lowest BCUT2D eigenvalue weighted by Gasteiger charge is -2.11. The molecule has 0 bridgehead atoms. The molecule has 2 rings (SSSR count). The third-order valence-electron chi connectivity index (χ3n) is 3.23. The summed E-state index contributed by atoms with van der Waals surface area (Å²) in [6, 6.07) is 0.282. The molecule has 2 heterocycles. The van der Waals surface area contributed by atoms with Crippen molar-refractivity contribution in [1.29, 1.82) is 0 Å². The van der Waals surface area contributed by atoms with Gasteiger partial charge in [-0.2, -0.15) is 5.10 Å². The van der Waals surface area contributed by atoms with Gasteiger partial charge in [0.15, 0.2) is 5.03 Å². The minimum absolute atomic E-state index is 0.143. The second kappa shape index (κ2) is 6.66. The molecule has 20 heavy (non-hydrogen) atoms. The Bertz CT molecular complexity index is 521. The van der Waals surface area contributed by atoms with E-state index < -0.39 is 10.0 Å². The summed E-state index contributed by atoms with van der Waals surface area (Å²) in [5.41, 5.74) is 0.647. The fraction of sp³-hybridized carbons (Fsp3) is 0.750. The summed E-state index contributed by atoms with van der Waals surface area (Å²) in [4.78, 5) is 0. The maximum atomic E-state index is 12.3. The predicted molar refractivity (Wildman–Crippen MR) is 74.7 cm³/mol. The van der Waals surface area contributed by atoms with Gasteiger partial charge >= 0.3 is 0 Å². The van der Waals surface area contributed by atoms with Crippen molar-refractivity contribution in [3.05, 3.63) is 11.8 Å². The number of ether oxygens (including phenoxy) is 1. The van der Waals surface area contributed by atoms with Crippen LogP contribution in [0.4, 0.5) is 0 Å². The quantitative estimate of drug-likeness (QED) is 0.670. The van der Waals surface area contributed by atoms with Crippen LogP contribution in [-0.2, 0) is 21.3 Å². The Labute approximate surface area is 119 Å². The largest absolute Gasteiger partial charge is 0.381 e. The minimum atomic E-state index is -3.55. The molecule has 0 radical (unpaired) electrons. The highest BCUT2D eigenvalue weighted by molar-refractivity contribution is 7.89. The number of H-pyrrole nitrogens is 1. The zero-order valence-corrected chi connectivity index (χ0v) is 12.7. The first kappa shape index (κ1) is 15.4. The Morgan fingerprint density at radius 1 is 1.55 bits per heavy atom. The van der Waals surface area contributed by atoms with Gasteiger partial charge in [0, 0.05) is 31.3 Å². The summed E-state index contributed by atoms with van der Waals surface area (Å²) in [5.74, 6) is 0.255. The average molecular weight is 302 g/mol. The molecule has 1 atom stereocenters. The minimum Gasteiger partial charge on any atom is -0.381 e. The zero-order chi connectivity index (χ0) is 14.6. The number of sulfonamides is 1. The van der Waals surface area contributed by atoms with Crippen molar-refractivity contribution >= 4 is 10.0 Å². The Kier molecular flexibility index (Phi) is 5.14. The van der Waals surface area contributed by atoms with Crippen LogP contribution in [0.15, 0.2) is 11.2 Å². The highest BCUT2D eigenvalue weighted by Crippen LogP contribution is 2.15. The molecule has 1 aliphatic heterocycles. The van der Waals surface area contributed by atoms with Gasteiger partial charge in [-0.1, -0.05) is 13.8 Å². The zero-order valence-electron chi connectivity index (χ0n) is 11.8. The van der Waals surface area contributed by atoms with Crippen LogP contribution in [0.25, 0.3) is 0 Å². The van der Waals surface area contributed by atoms with Crippen LogP contribution in [0.1, 0.15) is 25.8 Å². The van der Waals surface area contributed by atoms with Crippen LogP contribution in [-0.4, -0.2) is 44.4 Å². The van der Waals surface area contributed by atoms with Gasteiger partial charge in [0.05, 0.1) is 12.8 Å². The van der Waals surface area contributed by atoms with Gasteiger partial charge in [0.25, 0.3) is 10.0 Å². The maximum Gasteiger partial charge on any atom is 0.257 e. The highest BCUT2D eigenvalue weighted by Gasteiger charge is 2.23. The molecular formula is C12H22N4O3S. The molecule has 1 saturated heterocycles. The van der Waals surface area contributed by atoms with E-state index in [4.69, 9.17) is 4.74 Å². The fourth-order valence-corrected chi connectivity index (χ4v) is 3.26. The molecule has 0 amide bonds. The molecular weight excluding hydrogens is 280 g/mol. The molecule has 8 heteroatoms. The number of aromatic amines is 1. The number of hydrogen-bond acceptors (Lipinski definition) is 5. The van der Waals surface area contributed by atoms with E-state index in [9.17, 15) is 8.42 Å². The van der Waals surface area contributed by atoms with Crippen LogP contribution in [0.5, 0.6) is 0 Å². The highest BCUT2D eigenvalue weighted by atomic mass is 32.2. The van der Waals surface area contributed by atoms with E-state index >= 15 is 0 Å². The first-order valence-corrected chi connectivity index (χ1v) is 8.30. The van der Waals surface area contributed by atoms with Crippen molar-refractivity contribution in [3.63, 3.8) is 0 Å². The predicted octanol–water partition coefficient (Wildman–Crippen LogP) is 0.223. The molecule has 0 aromatic carbocycles. The van der Waals surface area contributed by atoms with Crippen LogP contribution in [0, 0.1) is 5.92 Å². The summed E-state index contributed by atoms with van der Waals surface area (Å²) in [7, 11) is -3.55. The van der Waals surface area contributed by atoms with Crippen LogP contribution in [0.2, 0.25) is 0 Å². The van der Waals surface area contributed by atoms with Crippen molar-refractivity contribution in [3.8, 4) is 0 Å². The Morgan fingerprint density at radius 2 is 2.35 bits per heavy atom. The van der Waals surface area contributed by atoms with E-state index in [-0.39, 0.29) is 17.0 Å². The maximum absolute atomic E-state index is 12.3. The first-order chi connectivity index (χ1) is 9.49. The molecule has 1 unspecified atom stereocenters. The normalized spacial score (nSPS) is 19.9. The van der Waals surface area contributed by atoms with E-state index in [2.05, 4.69) is 20.2 Å². The SMILES string of the molecule is CC(C)NCc1cn[nH]c1S(=O)(=O)NCC1CCOC1. The fourth-order valence-electron chi connectivity index (χ4n) is 2.02. The van der Waals surface area contributed by atoms with Gasteiger partial charge in [-0.05, 0) is 12.3 Å². The first-order valence-electron chi connectivity index (χ1n) is 6.82. The Morgan fingerprint density at radius 3 is 3.00 bits per heavy atom. The monoisotopic (exact) mass is 302 g/mol. The smallest absolute Gasteiger partial charge is 0.257 e. The van der Waals surface area contributed by atoms with Crippen LogP contribution >= 0.6 is 0 Å². The topological polar surface area (TPSA) is 96.1 Å². The van der Waals surface area contributed by atoms with E-state index in [1.807, 2.05) is 13.8 Å². The second-order valence-corrected chi connectivity index (χ2v) is 7.05. The molecule has 0 aliphatic carbocycles. The standard InChI is InChI=1S/C12H22N4O3S/c1-9(2)13-6-11-7-14-16-12(11)20(17,18)15-5-10-3-4-19-8-10/h7,9-10,13,15H,3-6,8H2,1-2H3,(H,14,16). The van der Waals surface area contributed by atoms with Crippen molar-refractivity contribution in [2.24, 2.45) is 5.92 Å². The van der Waals surface area contributed by atoms with Gasteiger partial charge in [0.1, 0.15) is 0 Å². The third kappa shape index (κ3) is 4.02. The number of nitrogens with zero attached hydrogens (tertiary/aromatic N) is 1. The van der Waals surface area contributed by atoms with Gasteiger partial charge in [-0.25, -0.2) is 13.1 Å². The molecule has 0 spiro atoms. The summed E-state index contributed by atoms with van der Waals surface area (Å²) in [6.45, 7) is 6.21. The molecule has 3 N–H and O–H groups in total. The van der Waals surface area contributed by atoms with Crippen LogP contribution < -0.4 is 10.0 Å². The molecule has 114 valence electrons. The Hall–Kier alpha value is -0.960. The van der Waals surface area contributed by atoms with Crippen molar-refractivity contribution in [2.75, 3.05) is 19.8 Å². The van der Waals surface area contributed by atoms with E-state index in [0.717, 1.165) is 6.42 Å². The van der Waals surface area contributed by atoms with E-state index in [0.29, 0.717) is 31.9 Å². The molecule has 1 aromatic heterocycles. The number of aromatic nitrogens is 2. The second-order valence-electron chi connectivity index (χ2n) is 5.34. The van der Waals surface area contributed by atoms with E-state index in [1.165, 1.54) is 0 Å². The number of nitrogens with one attached hydrogen (secondary N) is 3. The van der Waals surface area contributed by atoms with Crippen LogP contribution in [0.3, 0.4) is 0 Å². The van der Waals surface area contributed by atoms with Crippen molar-refractivity contribution < 1.29 is 13.2 Å². The average Bonchev–Trinajstić information content (AvgIpc) is 3.05.